The first-order valence-corrected chi connectivity index (χ1v) is 12.0. The number of sulfone groups is 1. The Morgan fingerprint density at radius 1 is 0.867 bits per heavy atom. The summed E-state index contributed by atoms with van der Waals surface area (Å²) in [5.41, 5.74) is 3.82. The van der Waals surface area contributed by atoms with Crippen molar-refractivity contribution in [3.05, 3.63) is 101 Å². The van der Waals surface area contributed by atoms with Crippen molar-refractivity contribution < 1.29 is 13.2 Å². The molecule has 0 aliphatic rings. The second kappa shape index (κ2) is 9.72. The normalized spacial score (nSPS) is 12.3. The molecule has 1 amide bonds. The summed E-state index contributed by atoms with van der Waals surface area (Å²) in [5, 5.41) is 3.11. The molecule has 1 N–H and O–H groups in total. The number of aryl methyl sites for hydroxylation is 2. The topological polar surface area (TPSA) is 63.2 Å². The van der Waals surface area contributed by atoms with Crippen LogP contribution >= 0.6 is 0 Å². The third-order valence-corrected chi connectivity index (χ3v) is 6.34. The zero-order chi connectivity index (χ0) is 21.6. The molecule has 30 heavy (non-hydrogen) atoms. The van der Waals surface area contributed by atoms with E-state index in [1.54, 1.807) is 24.3 Å². The van der Waals surface area contributed by atoms with Crippen molar-refractivity contribution in [2.45, 2.75) is 37.1 Å². The smallest absolute Gasteiger partial charge is 0.252 e. The maximum Gasteiger partial charge on any atom is 0.252 e. The second-order valence-corrected chi connectivity index (χ2v) is 9.43. The van der Waals surface area contributed by atoms with Gasteiger partial charge in [0.1, 0.15) is 0 Å². The first-order valence-electron chi connectivity index (χ1n) is 10.1. The molecule has 156 valence electrons. The van der Waals surface area contributed by atoms with E-state index in [0.717, 1.165) is 24.0 Å². The van der Waals surface area contributed by atoms with Gasteiger partial charge in [-0.1, -0.05) is 67.6 Å². The summed E-state index contributed by atoms with van der Waals surface area (Å²) in [6.45, 7) is 2.00. The third-order valence-electron chi connectivity index (χ3n) is 5.21. The van der Waals surface area contributed by atoms with E-state index in [2.05, 4.69) is 17.4 Å². The highest BCUT2D eigenvalue weighted by atomic mass is 32.2. The molecule has 0 heterocycles. The predicted molar refractivity (Wildman–Crippen MR) is 120 cm³/mol. The van der Waals surface area contributed by atoms with Gasteiger partial charge in [0.15, 0.2) is 9.84 Å². The average molecular weight is 422 g/mol. The molecule has 3 aromatic carbocycles. The maximum atomic E-state index is 13.0. The van der Waals surface area contributed by atoms with Crippen molar-refractivity contribution >= 4 is 15.7 Å². The molecule has 3 rings (SSSR count). The number of amides is 1. The Labute approximate surface area is 178 Å². The number of rotatable bonds is 8. The van der Waals surface area contributed by atoms with E-state index in [-0.39, 0.29) is 16.8 Å². The lowest BCUT2D eigenvalue weighted by atomic mass is 9.98. The van der Waals surface area contributed by atoms with Crippen LogP contribution in [-0.4, -0.2) is 20.6 Å². The van der Waals surface area contributed by atoms with Crippen molar-refractivity contribution in [3.8, 4) is 0 Å². The molecule has 0 aliphatic carbocycles. The Morgan fingerprint density at radius 2 is 1.50 bits per heavy atom. The predicted octanol–water partition coefficient (Wildman–Crippen LogP) is 4.76. The van der Waals surface area contributed by atoms with Crippen LogP contribution in [0.1, 0.15) is 46.4 Å². The zero-order valence-electron chi connectivity index (χ0n) is 17.3. The van der Waals surface area contributed by atoms with Gasteiger partial charge >= 0.3 is 0 Å². The fraction of sp³-hybridized carbons (Fsp3) is 0.240. The molecule has 0 unspecified atom stereocenters. The zero-order valence-corrected chi connectivity index (χ0v) is 18.2. The van der Waals surface area contributed by atoms with Crippen molar-refractivity contribution in [3.63, 3.8) is 0 Å². The van der Waals surface area contributed by atoms with Crippen molar-refractivity contribution in [1.82, 2.24) is 5.32 Å². The molecule has 0 fully saturated rings. The van der Waals surface area contributed by atoms with Crippen LogP contribution in [0.5, 0.6) is 0 Å². The van der Waals surface area contributed by atoms with E-state index in [1.165, 1.54) is 11.8 Å². The Kier molecular flexibility index (Phi) is 7.06. The van der Waals surface area contributed by atoms with Crippen LogP contribution in [0.25, 0.3) is 0 Å². The van der Waals surface area contributed by atoms with Crippen LogP contribution in [0, 0.1) is 0 Å². The van der Waals surface area contributed by atoms with Gasteiger partial charge in [0, 0.05) is 11.8 Å². The number of carbonyl (C=O) groups excluding carboxylic acids is 1. The van der Waals surface area contributed by atoms with E-state index in [4.69, 9.17) is 0 Å². The summed E-state index contributed by atoms with van der Waals surface area (Å²) in [7, 11) is -3.24. The van der Waals surface area contributed by atoms with Gasteiger partial charge in [0.05, 0.1) is 10.9 Å². The van der Waals surface area contributed by atoms with E-state index < -0.39 is 9.84 Å². The lowest BCUT2D eigenvalue weighted by molar-refractivity contribution is 0.0934. The molecule has 0 saturated carbocycles. The summed E-state index contributed by atoms with van der Waals surface area (Å²) in [4.78, 5) is 13.3. The highest BCUT2D eigenvalue weighted by Crippen LogP contribution is 2.21. The van der Waals surface area contributed by atoms with E-state index in [9.17, 15) is 13.2 Å². The van der Waals surface area contributed by atoms with E-state index >= 15 is 0 Å². The number of hydrogen-bond donors (Lipinski definition) is 1. The molecule has 0 saturated heterocycles. The van der Waals surface area contributed by atoms with Gasteiger partial charge in [-0.2, -0.15) is 0 Å². The number of benzene rings is 3. The largest absolute Gasteiger partial charge is 0.345 e. The monoisotopic (exact) mass is 421 g/mol. The summed E-state index contributed by atoms with van der Waals surface area (Å²) >= 11 is 0. The van der Waals surface area contributed by atoms with Crippen molar-refractivity contribution in [2.75, 3.05) is 6.26 Å². The quantitative estimate of drug-likeness (QED) is 0.571. The molecule has 1 atom stereocenters. The Balaban J connectivity index is 1.74. The van der Waals surface area contributed by atoms with Crippen LogP contribution in [0.3, 0.4) is 0 Å². The first-order chi connectivity index (χ1) is 14.4. The average Bonchev–Trinajstić information content (AvgIpc) is 2.76. The van der Waals surface area contributed by atoms with E-state index in [1.807, 2.05) is 49.4 Å². The molecule has 0 aromatic heterocycles. The van der Waals surface area contributed by atoms with E-state index in [0.29, 0.717) is 12.0 Å². The first kappa shape index (κ1) is 21.8. The minimum atomic E-state index is -3.24. The van der Waals surface area contributed by atoms with Crippen LogP contribution in [0.15, 0.2) is 83.8 Å². The van der Waals surface area contributed by atoms with Gasteiger partial charge in [-0.05, 0) is 54.2 Å². The third kappa shape index (κ3) is 5.57. The minimum Gasteiger partial charge on any atom is -0.345 e. The summed E-state index contributed by atoms with van der Waals surface area (Å²) in [5.74, 6) is -0.113. The number of hydrogen-bond acceptors (Lipinski definition) is 3. The fourth-order valence-electron chi connectivity index (χ4n) is 3.49. The lowest BCUT2D eigenvalue weighted by Crippen LogP contribution is -2.29. The maximum absolute atomic E-state index is 13.0. The van der Waals surface area contributed by atoms with Crippen LogP contribution in [-0.2, 0) is 22.7 Å². The summed E-state index contributed by atoms with van der Waals surface area (Å²) in [6, 6.07) is 24.5. The molecule has 4 nitrogen and oxygen atoms in total. The van der Waals surface area contributed by atoms with Crippen LogP contribution < -0.4 is 5.32 Å². The standard InChI is InChI=1S/C25H27NO3S/c1-3-24(21-15-17-22(18-16-21)30(2,28)29)26-25(27)23-12-8-7-11-20(23)14-13-19-9-5-4-6-10-19/h4-12,15-18,24H,3,13-14H2,1-2H3,(H,26,27)/t24-/m0/s1. The van der Waals surface area contributed by atoms with Gasteiger partial charge < -0.3 is 5.32 Å². The molecular weight excluding hydrogens is 394 g/mol. The van der Waals surface area contributed by atoms with Crippen LogP contribution in [0.4, 0.5) is 0 Å². The summed E-state index contributed by atoms with van der Waals surface area (Å²) < 4.78 is 23.4. The summed E-state index contributed by atoms with van der Waals surface area (Å²) in [6.07, 6.45) is 3.55. The molecule has 3 aromatic rings. The molecular formula is C25H27NO3S. The lowest BCUT2D eigenvalue weighted by Gasteiger charge is -2.19. The SMILES string of the molecule is CC[C@H](NC(=O)c1ccccc1CCc1ccccc1)c1ccc(S(C)(=O)=O)cc1. The fourth-order valence-corrected chi connectivity index (χ4v) is 4.12. The van der Waals surface area contributed by atoms with Gasteiger partial charge in [0.25, 0.3) is 5.91 Å². The van der Waals surface area contributed by atoms with Gasteiger partial charge in [-0.15, -0.1) is 0 Å². The van der Waals surface area contributed by atoms with Gasteiger partial charge in [-0.25, -0.2) is 8.42 Å². The molecule has 0 bridgehead atoms. The van der Waals surface area contributed by atoms with Crippen molar-refractivity contribution in [2.24, 2.45) is 0 Å². The Hall–Kier alpha value is -2.92. The Bertz CT molecular complexity index is 1090. The highest BCUT2D eigenvalue weighted by molar-refractivity contribution is 7.90. The number of nitrogens with one attached hydrogen (secondary N) is 1. The minimum absolute atomic E-state index is 0.113. The van der Waals surface area contributed by atoms with Gasteiger partial charge in [-0.3, -0.25) is 4.79 Å². The Morgan fingerprint density at radius 3 is 2.13 bits per heavy atom. The molecule has 0 radical (unpaired) electrons. The second-order valence-electron chi connectivity index (χ2n) is 7.42. The number of carbonyl (C=O) groups is 1. The molecule has 0 spiro atoms. The highest BCUT2D eigenvalue weighted by Gasteiger charge is 2.17. The molecule has 5 heteroatoms. The van der Waals surface area contributed by atoms with Gasteiger partial charge in [0.2, 0.25) is 0 Å². The van der Waals surface area contributed by atoms with Crippen LogP contribution in [0.2, 0.25) is 0 Å². The molecule has 0 aliphatic heterocycles. The van der Waals surface area contributed by atoms with Crippen molar-refractivity contribution in [1.29, 1.82) is 0 Å².